The quantitative estimate of drug-likeness (QED) is 0.775. The Balaban J connectivity index is 2.36. The molecule has 1 atom stereocenters. The molecule has 3 N–H and O–H groups in total. The van der Waals surface area contributed by atoms with Gasteiger partial charge in [-0.3, -0.25) is 0 Å². The summed E-state index contributed by atoms with van der Waals surface area (Å²) in [6, 6.07) is 7.74. The van der Waals surface area contributed by atoms with Gasteiger partial charge in [-0.1, -0.05) is 18.2 Å². The Morgan fingerprint density at radius 2 is 2.13 bits per heavy atom. The van der Waals surface area contributed by atoms with Crippen LogP contribution >= 0.6 is 0 Å². The van der Waals surface area contributed by atoms with Gasteiger partial charge in [-0.25, -0.2) is 0 Å². The van der Waals surface area contributed by atoms with Gasteiger partial charge < -0.3 is 15.6 Å². The molecule has 1 aromatic carbocycles. The summed E-state index contributed by atoms with van der Waals surface area (Å²) in [5, 5.41) is 9.17. The van der Waals surface area contributed by atoms with Crippen molar-refractivity contribution in [1.82, 2.24) is 0 Å². The van der Waals surface area contributed by atoms with E-state index in [9.17, 15) is 0 Å². The fraction of sp³-hybridized carbons (Fsp3) is 0.500. The smallest absolute Gasteiger partial charge is 0.122 e. The van der Waals surface area contributed by atoms with Crippen molar-refractivity contribution in [3.05, 3.63) is 29.8 Å². The standard InChI is InChI=1S/C12H17NO2/c1-15-10-5-3-2-4-9(10)12(6-7-12)11(13)8-14/h2-5,11,14H,6-8,13H2,1H3. The Bertz CT molecular complexity index is 347. The fourth-order valence-electron chi connectivity index (χ4n) is 2.21. The molecule has 0 aliphatic heterocycles. The number of benzene rings is 1. The van der Waals surface area contributed by atoms with Crippen LogP contribution in [0.5, 0.6) is 5.75 Å². The number of rotatable bonds is 4. The number of hydrogen-bond donors (Lipinski definition) is 2. The molecule has 2 rings (SSSR count). The van der Waals surface area contributed by atoms with Crippen LogP contribution in [0, 0.1) is 0 Å². The van der Waals surface area contributed by atoms with Gasteiger partial charge in [0.05, 0.1) is 13.7 Å². The van der Waals surface area contributed by atoms with E-state index in [2.05, 4.69) is 0 Å². The molecule has 15 heavy (non-hydrogen) atoms. The van der Waals surface area contributed by atoms with Crippen LogP contribution in [0.4, 0.5) is 0 Å². The Morgan fingerprint density at radius 1 is 1.47 bits per heavy atom. The third kappa shape index (κ3) is 1.62. The molecule has 0 aromatic heterocycles. The molecule has 0 radical (unpaired) electrons. The van der Waals surface area contributed by atoms with Gasteiger partial charge in [-0.2, -0.15) is 0 Å². The highest BCUT2D eigenvalue weighted by Gasteiger charge is 2.50. The van der Waals surface area contributed by atoms with Crippen molar-refractivity contribution in [1.29, 1.82) is 0 Å². The van der Waals surface area contributed by atoms with Gasteiger partial charge >= 0.3 is 0 Å². The molecule has 82 valence electrons. The van der Waals surface area contributed by atoms with Crippen LogP contribution in [0.2, 0.25) is 0 Å². The molecule has 0 spiro atoms. The lowest BCUT2D eigenvalue weighted by Gasteiger charge is -2.23. The lowest BCUT2D eigenvalue weighted by atomic mass is 9.88. The van der Waals surface area contributed by atoms with Crippen LogP contribution in [0.1, 0.15) is 18.4 Å². The summed E-state index contributed by atoms with van der Waals surface area (Å²) in [6.45, 7) is 0.0258. The molecule has 0 bridgehead atoms. The third-order valence-electron chi connectivity index (χ3n) is 3.34. The Kier molecular flexibility index (Phi) is 2.67. The summed E-state index contributed by atoms with van der Waals surface area (Å²) in [5.74, 6) is 0.874. The maximum Gasteiger partial charge on any atom is 0.122 e. The lowest BCUT2D eigenvalue weighted by Crippen LogP contribution is -2.38. The van der Waals surface area contributed by atoms with E-state index in [-0.39, 0.29) is 18.1 Å². The van der Waals surface area contributed by atoms with Crippen molar-refractivity contribution in [3.63, 3.8) is 0 Å². The second-order valence-electron chi connectivity index (χ2n) is 4.15. The van der Waals surface area contributed by atoms with E-state index in [0.717, 1.165) is 24.2 Å². The third-order valence-corrected chi connectivity index (χ3v) is 3.34. The van der Waals surface area contributed by atoms with Crippen molar-refractivity contribution >= 4 is 0 Å². The summed E-state index contributed by atoms with van der Waals surface area (Å²) in [7, 11) is 1.67. The molecule has 1 fully saturated rings. The molecule has 1 saturated carbocycles. The first-order valence-corrected chi connectivity index (χ1v) is 5.24. The van der Waals surface area contributed by atoms with Crippen molar-refractivity contribution < 1.29 is 9.84 Å². The maximum absolute atomic E-state index is 9.17. The minimum atomic E-state index is -0.186. The molecule has 1 aliphatic rings. The van der Waals surface area contributed by atoms with E-state index in [0.29, 0.717) is 0 Å². The fourth-order valence-corrected chi connectivity index (χ4v) is 2.21. The van der Waals surface area contributed by atoms with Crippen LogP contribution in [0.25, 0.3) is 0 Å². The number of ether oxygens (including phenoxy) is 1. The lowest BCUT2D eigenvalue weighted by molar-refractivity contribution is 0.241. The first-order chi connectivity index (χ1) is 7.24. The average molecular weight is 207 g/mol. The van der Waals surface area contributed by atoms with E-state index in [4.69, 9.17) is 15.6 Å². The van der Waals surface area contributed by atoms with Crippen molar-refractivity contribution in [2.45, 2.75) is 24.3 Å². The molecule has 1 unspecified atom stereocenters. The normalized spacial score (nSPS) is 19.7. The number of aliphatic hydroxyl groups is 1. The Labute approximate surface area is 89.9 Å². The topological polar surface area (TPSA) is 55.5 Å². The van der Waals surface area contributed by atoms with Crippen LogP contribution in [0.15, 0.2) is 24.3 Å². The second kappa shape index (κ2) is 3.83. The van der Waals surface area contributed by atoms with Gasteiger partial charge in [0.25, 0.3) is 0 Å². The van der Waals surface area contributed by atoms with Crippen LogP contribution < -0.4 is 10.5 Å². The van der Waals surface area contributed by atoms with Gasteiger partial charge in [0.1, 0.15) is 5.75 Å². The van der Waals surface area contributed by atoms with Gasteiger partial charge in [0.2, 0.25) is 0 Å². The van der Waals surface area contributed by atoms with Gasteiger partial charge in [0, 0.05) is 17.0 Å². The van der Waals surface area contributed by atoms with E-state index in [1.165, 1.54) is 0 Å². The molecule has 3 nitrogen and oxygen atoms in total. The van der Waals surface area contributed by atoms with Gasteiger partial charge in [-0.15, -0.1) is 0 Å². The summed E-state index contributed by atoms with van der Waals surface area (Å²) in [4.78, 5) is 0. The zero-order chi connectivity index (χ0) is 10.9. The molecular formula is C12H17NO2. The van der Waals surface area contributed by atoms with Crippen LogP contribution in [0.3, 0.4) is 0 Å². The highest BCUT2D eigenvalue weighted by molar-refractivity contribution is 5.44. The maximum atomic E-state index is 9.17. The molecule has 1 aromatic rings. The minimum Gasteiger partial charge on any atom is -0.496 e. The van der Waals surface area contributed by atoms with Crippen molar-refractivity contribution in [2.24, 2.45) is 5.73 Å². The van der Waals surface area contributed by atoms with E-state index in [1.54, 1.807) is 7.11 Å². The number of nitrogens with two attached hydrogens (primary N) is 1. The summed E-state index contributed by atoms with van der Waals surface area (Å²) < 4.78 is 5.33. The van der Waals surface area contributed by atoms with Gasteiger partial charge in [0.15, 0.2) is 0 Å². The van der Waals surface area contributed by atoms with Gasteiger partial charge in [-0.05, 0) is 18.9 Å². The Hall–Kier alpha value is -1.06. The number of hydrogen-bond acceptors (Lipinski definition) is 3. The highest BCUT2D eigenvalue weighted by Crippen LogP contribution is 2.52. The SMILES string of the molecule is COc1ccccc1C1(C(N)CO)CC1. The first-order valence-electron chi connectivity index (χ1n) is 5.24. The summed E-state index contributed by atoms with van der Waals surface area (Å²) >= 11 is 0. The second-order valence-corrected chi connectivity index (χ2v) is 4.15. The molecule has 0 saturated heterocycles. The Morgan fingerprint density at radius 3 is 2.67 bits per heavy atom. The summed E-state index contributed by atoms with van der Waals surface area (Å²) in [5.41, 5.74) is 7.04. The minimum absolute atomic E-state index is 0.0258. The molecular weight excluding hydrogens is 190 g/mol. The predicted octanol–water partition coefficient (Wildman–Crippen LogP) is 1.05. The zero-order valence-corrected chi connectivity index (χ0v) is 8.94. The predicted molar refractivity (Wildman–Crippen MR) is 59.0 cm³/mol. The first kappa shape index (κ1) is 10.5. The van der Waals surface area contributed by atoms with E-state index >= 15 is 0 Å². The highest BCUT2D eigenvalue weighted by atomic mass is 16.5. The molecule has 0 amide bonds. The number of methoxy groups -OCH3 is 1. The van der Waals surface area contributed by atoms with E-state index in [1.807, 2.05) is 24.3 Å². The largest absolute Gasteiger partial charge is 0.496 e. The van der Waals surface area contributed by atoms with Crippen LogP contribution in [-0.2, 0) is 5.41 Å². The summed E-state index contributed by atoms with van der Waals surface area (Å²) in [6.07, 6.45) is 2.07. The molecule has 0 heterocycles. The monoisotopic (exact) mass is 207 g/mol. The molecule has 3 heteroatoms. The van der Waals surface area contributed by atoms with Crippen LogP contribution in [-0.4, -0.2) is 24.9 Å². The zero-order valence-electron chi connectivity index (χ0n) is 8.94. The molecule has 1 aliphatic carbocycles. The van der Waals surface area contributed by atoms with Crippen molar-refractivity contribution in [3.8, 4) is 5.75 Å². The van der Waals surface area contributed by atoms with E-state index < -0.39 is 0 Å². The number of para-hydroxylation sites is 1. The number of aliphatic hydroxyl groups excluding tert-OH is 1. The average Bonchev–Trinajstić information content (AvgIpc) is 3.09. The van der Waals surface area contributed by atoms with Crippen molar-refractivity contribution in [2.75, 3.05) is 13.7 Å².